The highest BCUT2D eigenvalue weighted by molar-refractivity contribution is 5.38. The van der Waals surface area contributed by atoms with Crippen LogP contribution in [0.5, 0.6) is 5.75 Å². The van der Waals surface area contributed by atoms with Crippen molar-refractivity contribution in [2.75, 3.05) is 0 Å². The van der Waals surface area contributed by atoms with E-state index in [1.807, 2.05) is 0 Å². The molecule has 1 aromatic carbocycles. The van der Waals surface area contributed by atoms with Crippen molar-refractivity contribution in [1.82, 2.24) is 0 Å². The molecule has 0 saturated heterocycles. The van der Waals surface area contributed by atoms with Crippen LogP contribution in [-0.4, -0.2) is 12.1 Å². The first-order chi connectivity index (χ1) is 8.72. The highest BCUT2D eigenvalue weighted by Gasteiger charge is 2.27. The molecule has 0 aliphatic heterocycles. The van der Waals surface area contributed by atoms with Crippen LogP contribution in [0.3, 0.4) is 0 Å². The average Bonchev–Trinajstić information content (AvgIpc) is 2.81. The van der Waals surface area contributed by atoms with E-state index in [1.54, 1.807) is 0 Å². The van der Waals surface area contributed by atoms with E-state index in [1.165, 1.54) is 36.8 Å². The predicted octanol–water partition coefficient (Wildman–Crippen LogP) is 3.07. The van der Waals surface area contributed by atoms with Crippen LogP contribution < -0.4 is 10.5 Å². The Kier molecular flexibility index (Phi) is 3.29. The van der Waals surface area contributed by atoms with E-state index in [-0.39, 0.29) is 12.1 Å². The van der Waals surface area contributed by atoms with Gasteiger partial charge in [0.25, 0.3) is 0 Å². The summed E-state index contributed by atoms with van der Waals surface area (Å²) >= 11 is 0. The van der Waals surface area contributed by atoms with Gasteiger partial charge in [0.2, 0.25) is 0 Å². The molecule has 3 unspecified atom stereocenters. The number of ether oxygens (including phenoxy) is 1. The minimum absolute atomic E-state index is 0.202. The molecule has 2 aliphatic rings. The highest BCUT2D eigenvalue weighted by Crippen LogP contribution is 2.30. The van der Waals surface area contributed by atoms with Gasteiger partial charge in [-0.15, -0.1) is 0 Å². The van der Waals surface area contributed by atoms with E-state index >= 15 is 0 Å². The fraction of sp³-hybridized carbons (Fsp3) is 0.625. The van der Waals surface area contributed by atoms with Gasteiger partial charge in [-0.2, -0.15) is 0 Å². The maximum atomic E-state index is 6.18. The lowest BCUT2D eigenvalue weighted by molar-refractivity contribution is 0.108. The molecule has 18 heavy (non-hydrogen) atoms. The molecule has 2 aliphatic carbocycles. The Morgan fingerprint density at radius 1 is 1.17 bits per heavy atom. The Morgan fingerprint density at radius 2 is 2.00 bits per heavy atom. The minimum Gasteiger partial charge on any atom is -0.489 e. The van der Waals surface area contributed by atoms with Crippen molar-refractivity contribution in [2.45, 2.75) is 57.6 Å². The molecule has 0 amide bonds. The molecule has 0 aromatic heterocycles. The monoisotopic (exact) mass is 245 g/mol. The Bertz CT molecular complexity index is 429. The Labute approximate surface area is 110 Å². The van der Waals surface area contributed by atoms with Gasteiger partial charge in [0.05, 0.1) is 0 Å². The highest BCUT2D eigenvalue weighted by atomic mass is 16.5. The third-order valence-corrected chi connectivity index (χ3v) is 4.46. The summed E-state index contributed by atoms with van der Waals surface area (Å²) in [7, 11) is 0. The topological polar surface area (TPSA) is 35.2 Å². The molecule has 98 valence electrons. The number of nitrogens with two attached hydrogens (primary N) is 1. The first-order valence-electron chi connectivity index (χ1n) is 7.26. The van der Waals surface area contributed by atoms with Gasteiger partial charge >= 0.3 is 0 Å². The summed E-state index contributed by atoms with van der Waals surface area (Å²) in [6.07, 6.45) is 7.36. The average molecular weight is 245 g/mol. The largest absolute Gasteiger partial charge is 0.489 e. The van der Waals surface area contributed by atoms with Crippen molar-refractivity contribution >= 4 is 0 Å². The molecule has 3 atom stereocenters. The number of rotatable bonds is 2. The molecular weight excluding hydrogens is 222 g/mol. The predicted molar refractivity (Wildman–Crippen MR) is 73.9 cm³/mol. The molecule has 1 saturated carbocycles. The summed E-state index contributed by atoms with van der Waals surface area (Å²) < 4.78 is 6.14. The molecule has 3 rings (SSSR count). The number of hydrogen-bond donors (Lipinski definition) is 1. The van der Waals surface area contributed by atoms with Gasteiger partial charge in [-0.3, -0.25) is 0 Å². The van der Waals surface area contributed by atoms with Gasteiger partial charge in [-0.05, 0) is 67.7 Å². The summed E-state index contributed by atoms with van der Waals surface area (Å²) in [5.74, 6) is 1.76. The van der Waals surface area contributed by atoms with Crippen molar-refractivity contribution in [3.63, 3.8) is 0 Å². The van der Waals surface area contributed by atoms with Crippen molar-refractivity contribution in [3.05, 3.63) is 29.3 Å². The molecular formula is C16H23NO. The Morgan fingerprint density at radius 3 is 2.89 bits per heavy atom. The van der Waals surface area contributed by atoms with Gasteiger partial charge in [0, 0.05) is 6.04 Å². The second-order valence-electron chi connectivity index (χ2n) is 6.02. The van der Waals surface area contributed by atoms with Crippen LogP contribution in [0.4, 0.5) is 0 Å². The third-order valence-electron chi connectivity index (χ3n) is 4.46. The van der Waals surface area contributed by atoms with E-state index in [0.29, 0.717) is 0 Å². The summed E-state index contributed by atoms with van der Waals surface area (Å²) in [6.45, 7) is 2.30. The molecule has 0 radical (unpaired) electrons. The molecule has 1 aromatic rings. The molecule has 2 heteroatoms. The molecule has 1 fully saturated rings. The number of hydrogen-bond acceptors (Lipinski definition) is 2. The Balaban J connectivity index is 1.72. The SMILES string of the molecule is CC1CCC(N)C(Oc2ccc3c(c2)CCC3)C1. The van der Waals surface area contributed by atoms with Crippen LogP contribution in [0.15, 0.2) is 18.2 Å². The molecule has 0 heterocycles. The summed E-state index contributed by atoms with van der Waals surface area (Å²) in [5.41, 5.74) is 9.16. The fourth-order valence-electron chi connectivity index (χ4n) is 3.28. The van der Waals surface area contributed by atoms with Crippen molar-refractivity contribution in [3.8, 4) is 5.75 Å². The zero-order valence-electron chi connectivity index (χ0n) is 11.2. The molecule has 2 nitrogen and oxygen atoms in total. The van der Waals surface area contributed by atoms with Crippen molar-refractivity contribution < 1.29 is 4.74 Å². The summed E-state index contributed by atoms with van der Waals surface area (Å²) in [4.78, 5) is 0. The zero-order valence-corrected chi connectivity index (χ0v) is 11.2. The number of fused-ring (bicyclic) bond motifs is 1. The lowest BCUT2D eigenvalue weighted by Gasteiger charge is -2.32. The quantitative estimate of drug-likeness (QED) is 0.869. The lowest BCUT2D eigenvalue weighted by atomic mass is 9.85. The normalized spacial score (nSPS) is 31.1. The molecule has 0 bridgehead atoms. The minimum atomic E-state index is 0.202. The lowest BCUT2D eigenvalue weighted by Crippen LogP contribution is -2.43. The number of aryl methyl sites for hydroxylation is 2. The standard InChI is InChI=1S/C16H23NO/c1-11-5-8-15(17)16(9-11)18-14-7-6-12-3-2-4-13(12)10-14/h6-7,10-11,15-16H,2-5,8-9,17H2,1H3. The van der Waals surface area contributed by atoms with Crippen LogP contribution in [0.1, 0.15) is 43.7 Å². The summed E-state index contributed by atoms with van der Waals surface area (Å²) in [6, 6.07) is 6.79. The fourth-order valence-corrected chi connectivity index (χ4v) is 3.28. The number of benzene rings is 1. The van der Waals surface area contributed by atoms with Crippen LogP contribution >= 0.6 is 0 Å². The second kappa shape index (κ2) is 4.93. The van der Waals surface area contributed by atoms with Gasteiger partial charge in [0.15, 0.2) is 0 Å². The molecule has 0 spiro atoms. The van der Waals surface area contributed by atoms with E-state index in [4.69, 9.17) is 10.5 Å². The van der Waals surface area contributed by atoms with Crippen molar-refractivity contribution in [1.29, 1.82) is 0 Å². The second-order valence-corrected chi connectivity index (χ2v) is 6.02. The first-order valence-corrected chi connectivity index (χ1v) is 7.26. The van der Waals surface area contributed by atoms with Gasteiger partial charge < -0.3 is 10.5 Å². The van der Waals surface area contributed by atoms with Gasteiger partial charge in [-0.1, -0.05) is 13.0 Å². The smallest absolute Gasteiger partial charge is 0.120 e. The third kappa shape index (κ3) is 2.39. The Hall–Kier alpha value is -1.02. The van der Waals surface area contributed by atoms with E-state index < -0.39 is 0 Å². The van der Waals surface area contributed by atoms with E-state index in [0.717, 1.165) is 24.5 Å². The van der Waals surface area contributed by atoms with E-state index in [9.17, 15) is 0 Å². The zero-order chi connectivity index (χ0) is 12.5. The van der Waals surface area contributed by atoms with Crippen molar-refractivity contribution in [2.24, 2.45) is 11.7 Å². The van der Waals surface area contributed by atoms with Crippen LogP contribution in [0.2, 0.25) is 0 Å². The van der Waals surface area contributed by atoms with E-state index in [2.05, 4.69) is 25.1 Å². The van der Waals surface area contributed by atoms with Crippen LogP contribution in [0, 0.1) is 5.92 Å². The maximum absolute atomic E-state index is 6.18. The van der Waals surface area contributed by atoms with Gasteiger partial charge in [-0.25, -0.2) is 0 Å². The van der Waals surface area contributed by atoms with Crippen LogP contribution in [0.25, 0.3) is 0 Å². The van der Waals surface area contributed by atoms with Crippen LogP contribution in [-0.2, 0) is 12.8 Å². The maximum Gasteiger partial charge on any atom is 0.120 e. The summed E-state index contributed by atoms with van der Waals surface area (Å²) in [5, 5.41) is 0. The van der Waals surface area contributed by atoms with Gasteiger partial charge in [0.1, 0.15) is 11.9 Å². The molecule has 2 N–H and O–H groups in total. The first kappa shape index (κ1) is 12.0.